The maximum absolute atomic E-state index is 12.4. The highest BCUT2D eigenvalue weighted by Crippen LogP contribution is 2.30. The summed E-state index contributed by atoms with van der Waals surface area (Å²) < 4.78 is 68.5. The van der Waals surface area contributed by atoms with Gasteiger partial charge in [0.15, 0.2) is 11.5 Å². The third kappa shape index (κ3) is 4.77. The van der Waals surface area contributed by atoms with Gasteiger partial charge in [0.25, 0.3) is 0 Å². The van der Waals surface area contributed by atoms with Crippen molar-refractivity contribution in [2.24, 2.45) is 0 Å². The van der Waals surface area contributed by atoms with Crippen molar-refractivity contribution in [2.45, 2.75) is 6.36 Å². The van der Waals surface area contributed by atoms with Crippen LogP contribution in [0.4, 0.5) is 18.9 Å². The summed E-state index contributed by atoms with van der Waals surface area (Å²) in [4.78, 5) is 0. The molecule has 0 aliphatic rings. The molecule has 7 nitrogen and oxygen atoms in total. The molecule has 1 N–H and O–H groups in total. The van der Waals surface area contributed by atoms with Crippen molar-refractivity contribution < 1.29 is 26.3 Å². The quantitative estimate of drug-likeness (QED) is 0.491. The van der Waals surface area contributed by atoms with E-state index in [1.54, 1.807) is 47.0 Å². The van der Waals surface area contributed by atoms with Crippen molar-refractivity contribution in [1.82, 2.24) is 14.6 Å². The van der Waals surface area contributed by atoms with Crippen molar-refractivity contribution in [1.29, 1.82) is 0 Å². The highest BCUT2D eigenvalue weighted by atomic mass is 32.2. The predicted molar refractivity (Wildman–Crippen MR) is 109 cm³/mol. The van der Waals surface area contributed by atoms with E-state index in [1.165, 1.54) is 24.3 Å². The van der Waals surface area contributed by atoms with Gasteiger partial charge in [-0.1, -0.05) is 24.3 Å². The molecule has 2 heterocycles. The van der Waals surface area contributed by atoms with Crippen LogP contribution in [0.1, 0.15) is 0 Å². The molecule has 0 fully saturated rings. The first kappa shape index (κ1) is 20.7. The molecule has 0 saturated heterocycles. The fourth-order valence-corrected chi connectivity index (χ4v) is 3.64. The third-order valence-electron chi connectivity index (χ3n) is 4.29. The number of nitrogens with one attached hydrogen (secondary N) is 1. The number of hydrogen-bond acceptors (Lipinski definition) is 5. The number of fused-ring (bicyclic) bond motifs is 1. The summed E-state index contributed by atoms with van der Waals surface area (Å²) in [6.45, 7) is 0. The van der Waals surface area contributed by atoms with Crippen molar-refractivity contribution in [3.63, 3.8) is 0 Å². The number of sulfonamides is 1. The molecule has 0 spiro atoms. The molecule has 160 valence electrons. The van der Waals surface area contributed by atoms with E-state index >= 15 is 0 Å². The van der Waals surface area contributed by atoms with Crippen molar-refractivity contribution in [3.05, 3.63) is 66.9 Å². The Kier molecular flexibility index (Phi) is 5.05. The molecule has 2 aromatic carbocycles. The lowest BCUT2D eigenvalue weighted by atomic mass is 10.1. The van der Waals surface area contributed by atoms with E-state index < -0.39 is 16.4 Å². The van der Waals surface area contributed by atoms with Crippen LogP contribution in [-0.4, -0.2) is 35.6 Å². The Bertz CT molecular complexity index is 1350. The standard InChI is InChI=1S/C20H15F3N4O3S/c1-31(28,29)26-17-5-3-2-4-16(17)19-25-24-18-11-8-14(12-27(18)19)13-6-9-15(10-7-13)30-20(21,22)23/h2-12,26H,1H3. The maximum atomic E-state index is 12.4. The van der Waals surface area contributed by atoms with Crippen LogP contribution in [-0.2, 0) is 10.0 Å². The molecular formula is C20H15F3N4O3S. The summed E-state index contributed by atoms with van der Waals surface area (Å²) in [7, 11) is -3.51. The van der Waals surface area contributed by atoms with E-state index in [4.69, 9.17) is 0 Å². The maximum Gasteiger partial charge on any atom is 0.573 e. The molecule has 0 unspecified atom stereocenters. The Morgan fingerprint density at radius 1 is 0.935 bits per heavy atom. The van der Waals surface area contributed by atoms with Gasteiger partial charge in [0.1, 0.15) is 5.75 Å². The minimum atomic E-state index is -4.76. The molecule has 0 aliphatic heterocycles. The van der Waals surface area contributed by atoms with E-state index in [0.29, 0.717) is 33.8 Å². The Hall–Kier alpha value is -3.60. The van der Waals surface area contributed by atoms with E-state index in [9.17, 15) is 21.6 Å². The van der Waals surface area contributed by atoms with E-state index in [1.807, 2.05) is 0 Å². The fraction of sp³-hybridized carbons (Fsp3) is 0.100. The van der Waals surface area contributed by atoms with Crippen LogP contribution in [0.25, 0.3) is 28.2 Å². The van der Waals surface area contributed by atoms with Crippen LogP contribution in [0, 0.1) is 0 Å². The number of alkyl halides is 3. The van der Waals surface area contributed by atoms with Gasteiger partial charge in [-0.3, -0.25) is 9.12 Å². The first-order valence-corrected chi connectivity index (χ1v) is 10.8. The van der Waals surface area contributed by atoms with Gasteiger partial charge in [-0.25, -0.2) is 8.42 Å². The molecule has 0 aliphatic carbocycles. The second kappa shape index (κ2) is 7.58. The molecule has 0 bridgehead atoms. The lowest BCUT2D eigenvalue weighted by Gasteiger charge is -2.11. The van der Waals surface area contributed by atoms with Crippen LogP contribution >= 0.6 is 0 Å². The largest absolute Gasteiger partial charge is 0.573 e. The van der Waals surface area contributed by atoms with Gasteiger partial charge in [-0.15, -0.1) is 23.4 Å². The summed E-state index contributed by atoms with van der Waals surface area (Å²) >= 11 is 0. The van der Waals surface area contributed by atoms with Gasteiger partial charge in [-0.05, 0) is 47.5 Å². The summed E-state index contributed by atoms with van der Waals surface area (Å²) in [6.07, 6.45) is -1.98. The van der Waals surface area contributed by atoms with Crippen molar-refractivity contribution in [3.8, 4) is 28.3 Å². The summed E-state index contributed by atoms with van der Waals surface area (Å²) in [5.74, 6) is 0.0868. The first-order valence-electron chi connectivity index (χ1n) is 8.87. The highest BCUT2D eigenvalue weighted by molar-refractivity contribution is 7.92. The number of nitrogens with zero attached hydrogens (tertiary/aromatic N) is 3. The molecule has 31 heavy (non-hydrogen) atoms. The minimum absolute atomic E-state index is 0.317. The SMILES string of the molecule is CS(=O)(=O)Nc1ccccc1-c1nnc2ccc(-c3ccc(OC(F)(F)F)cc3)cn12. The van der Waals surface area contributed by atoms with E-state index in [0.717, 1.165) is 6.26 Å². The van der Waals surface area contributed by atoms with Gasteiger partial charge >= 0.3 is 6.36 Å². The predicted octanol–water partition coefficient (Wildman–Crippen LogP) is 4.33. The number of anilines is 1. The van der Waals surface area contributed by atoms with E-state index in [2.05, 4.69) is 19.7 Å². The van der Waals surface area contributed by atoms with Crippen LogP contribution < -0.4 is 9.46 Å². The van der Waals surface area contributed by atoms with Crippen LogP contribution in [0.15, 0.2) is 66.9 Å². The summed E-state index contributed by atoms with van der Waals surface area (Å²) in [6, 6.07) is 15.7. The molecule has 4 aromatic rings. The Balaban J connectivity index is 1.75. The molecule has 0 saturated carbocycles. The Morgan fingerprint density at radius 3 is 2.29 bits per heavy atom. The van der Waals surface area contributed by atoms with Gasteiger partial charge in [0.05, 0.1) is 11.9 Å². The summed E-state index contributed by atoms with van der Waals surface area (Å²) in [5, 5.41) is 8.29. The number of pyridine rings is 1. The number of benzene rings is 2. The van der Waals surface area contributed by atoms with Crippen LogP contribution in [0.2, 0.25) is 0 Å². The Morgan fingerprint density at radius 2 is 1.61 bits per heavy atom. The zero-order chi connectivity index (χ0) is 22.2. The molecule has 0 atom stereocenters. The first-order chi connectivity index (χ1) is 14.6. The van der Waals surface area contributed by atoms with Crippen LogP contribution in [0.3, 0.4) is 0 Å². The van der Waals surface area contributed by atoms with Crippen molar-refractivity contribution in [2.75, 3.05) is 11.0 Å². The van der Waals surface area contributed by atoms with Gasteiger partial charge < -0.3 is 4.74 Å². The normalized spacial score (nSPS) is 12.1. The molecular weight excluding hydrogens is 433 g/mol. The Labute approximate surface area is 175 Å². The number of rotatable bonds is 5. The second-order valence-electron chi connectivity index (χ2n) is 6.66. The zero-order valence-corrected chi connectivity index (χ0v) is 16.8. The number of halogens is 3. The lowest BCUT2D eigenvalue weighted by molar-refractivity contribution is -0.274. The fourth-order valence-electron chi connectivity index (χ4n) is 3.06. The van der Waals surface area contributed by atoms with Gasteiger partial charge in [0.2, 0.25) is 10.0 Å². The van der Waals surface area contributed by atoms with Crippen molar-refractivity contribution >= 4 is 21.4 Å². The second-order valence-corrected chi connectivity index (χ2v) is 8.41. The molecule has 2 aromatic heterocycles. The van der Waals surface area contributed by atoms with Gasteiger partial charge in [-0.2, -0.15) is 0 Å². The number of hydrogen-bond donors (Lipinski definition) is 1. The van der Waals surface area contributed by atoms with Gasteiger partial charge in [0, 0.05) is 11.8 Å². The third-order valence-corrected chi connectivity index (χ3v) is 4.88. The number of ether oxygens (including phenoxy) is 1. The highest BCUT2D eigenvalue weighted by Gasteiger charge is 2.31. The molecule has 0 radical (unpaired) electrons. The number of aromatic nitrogens is 3. The topological polar surface area (TPSA) is 85.6 Å². The minimum Gasteiger partial charge on any atom is -0.406 e. The molecule has 0 amide bonds. The smallest absolute Gasteiger partial charge is 0.406 e. The summed E-state index contributed by atoms with van der Waals surface area (Å²) in [5.41, 5.74) is 2.73. The number of para-hydroxylation sites is 1. The average Bonchev–Trinajstić information content (AvgIpc) is 3.09. The zero-order valence-electron chi connectivity index (χ0n) is 16.0. The lowest BCUT2D eigenvalue weighted by Crippen LogP contribution is -2.16. The average molecular weight is 448 g/mol. The molecule has 4 rings (SSSR count). The van der Waals surface area contributed by atoms with E-state index in [-0.39, 0.29) is 5.75 Å². The monoisotopic (exact) mass is 448 g/mol. The van der Waals surface area contributed by atoms with Crippen LogP contribution in [0.5, 0.6) is 5.75 Å². The molecule has 11 heteroatoms.